The second-order valence-electron chi connectivity index (χ2n) is 8.20. The van der Waals surface area contributed by atoms with Crippen molar-refractivity contribution in [3.05, 3.63) is 83.4 Å². The summed E-state index contributed by atoms with van der Waals surface area (Å²) in [5.41, 5.74) is 1.75. The van der Waals surface area contributed by atoms with Crippen LogP contribution in [0.15, 0.2) is 66.7 Å². The summed E-state index contributed by atoms with van der Waals surface area (Å²) in [6.45, 7) is 2.94. The zero-order chi connectivity index (χ0) is 26.5. The van der Waals surface area contributed by atoms with Crippen molar-refractivity contribution < 1.29 is 36.2 Å². The summed E-state index contributed by atoms with van der Waals surface area (Å²) in [6.07, 6.45) is -4.10. The van der Waals surface area contributed by atoms with Gasteiger partial charge >= 0.3 is 12.1 Å². The Hall–Kier alpha value is -3.53. The van der Waals surface area contributed by atoms with Gasteiger partial charge < -0.3 is 9.84 Å². The van der Waals surface area contributed by atoms with Gasteiger partial charge in [-0.1, -0.05) is 49.4 Å². The van der Waals surface area contributed by atoms with Crippen molar-refractivity contribution in [2.24, 2.45) is 0 Å². The van der Waals surface area contributed by atoms with Crippen LogP contribution in [-0.4, -0.2) is 31.9 Å². The van der Waals surface area contributed by atoms with E-state index in [4.69, 9.17) is 9.84 Å². The number of hydrogen-bond acceptors (Lipinski definition) is 4. The van der Waals surface area contributed by atoms with Gasteiger partial charge in [0.1, 0.15) is 5.75 Å². The summed E-state index contributed by atoms with van der Waals surface area (Å²) in [4.78, 5) is 10.8. The number of nitrogens with zero attached hydrogens (tertiary/aromatic N) is 1. The van der Waals surface area contributed by atoms with E-state index in [9.17, 15) is 26.4 Å². The van der Waals surface area contributed by atoms with Gasteiger partial charge in [0.05, 0.1) is 23.5 Å². The lowest BCUT2D eigenvalue weighted by molar-refractivity contribution is -0.139. The first-order valence-corrected chi connectivity index (χ1v) is 12.7. The van der Waals surface area contributed by atoms with Crippen LogP contribution in [0.1, 0.15) is 30.0 Å². The lowest BCUT2D eigenvalue weighted by Crippen LogP contribution is -2.33. The Kier molecular flexibility index (Phi) is 8.29. The Labute approximate surface area is 208 Å². The van der Waals surface area contributed by atoms with Crippen LogP contribution in [0.2, 0.25) is 0 Å². The fourth-order valence-corrected chi connectivity index (χ4v) is 5.29. The van der Waals surface area contributed by atoms with E-state index >= 15 is 0 Å². The molecule has 0 aliphatic rings. The minimum Gasteiger partial charge on any atom is -0.482 e. The van der Waals surface area contributed by atoms with Crippen molar-refractivity contribution in [3.63, 3.8) is 0 Å². The third-order valence-corrected chi connectivity index (χ3v) is 7.33. The molecule has 0 fully saturated rings. The summed E-state index contributed by atoms with van der Waals surface area (Å²) in [7, 11) is -3.79. The van der Waals surface area contributed by atoms with Crippen molar-refractivity contribution in [1.29, 1.82) is 0 Å². The molecule has 0 unspecified atom stereocenters. The maximum absolute atomic E-state index is 13.3. The SMILES string of the molecule is CCCS(=O)(=O)N(Cc1ccc(OCC(=O)O)c(C)c1)c1ccccc1-c1ccc(C(F)(F)F)cc1. The molecule has 0 heterocycles. The maximum Gasteiger partial charge on any atom is 0.416 e. The topological polar surface area (TPSA) is 83.9 Å². The second-order valence-corrected chi connectivity index (χ2v) is 10.2. The lowest BCUT2D eigenvalue weighted by Gasteiger charge is -2.27. The molecule has 0 saturated heterocycles. The highest BCUT2D eigenvalue weighted by atomic mass is 32.2. The van der Waals surface area contributed by atoms with Crippen molar-refractivity contribution in [3.8, 4) is 16.9 Å². The minimum absolute atomic E-state index is 0.0277. The second kappa shape index (κ2) is 11.0. The molecule has 0 bridgehead atoms. The highest BCUT2D eigenvalue weighted by Crippen LogP contribution is 2.36. The van der Waals surface area contributed by atoms with Gasteiger partial charge in [-0.2, -0.15) is 13.2 Å². The highest BCUT2D eigenvalue weighted by molar-refractivity contribution is 7.92. The number of carboxylic acid groups (broad SMARTS) is 1. The maximum atomic E-state index is 13.3. The molecule has 1 N–H and O–H groups in total. The molecule has 0 aliphatic heterocycles. The van der Waals surface area contributed by atoms with Gasteiger partial charge in [-0.15, -0.1) is 0 Å². The van der Waals surface area contributed by atoms with Gasteiger partial charge in [-0.25, -0.2) is 13.2 Å². The number of carbonyl (C=O) groups is 1. The zero-order valence-corrected chi connectivity index (χ0v) is 20.6. The molecule has 192 valence electrons. The largest absolute Gasteiger partial charge is 0.482 e. The monoisotopic (exact) mass is 521 g/mol. The number of carboxylic acids is 1. The van der Waals surface area contributed by atoms with Crippen LogP contribution in [0, 0.1) is 6.92 Å². The third kappa shape index (κ3) is 6.57. The van der Waals surface area contributed by atoms with E-state index in [-0.39, 0.29) is 12.3 Å². The number of halogens is 3. The molecule has 6 nitrogen and oxygen atoms in total. The fraction of sp³-hybridized carbons (Fsp3) is 0.269. The Morgan fingerprint density at radius 1 is 1.03 bits per heavy atom. The van der Waals surface area contributed by atoms with Gasteiger partial charge in [0.15, 0.2) is 6.61 Å². The van der Waals surface area contributed by atoms with Crippen LogP contribution in [0.4, 0.5) is 18.9 Å². The molecular formula is C26H26F3NO5S. The van der Waals surface area contributed by atoms with E-state index in [1.54, 1.807) is 56.3 Å². The zero-order valence-electron chi connectivity index (χ0n) is 19.7. The molecule has 3 aromatic carbocycles. The van der Waals surface area contributed by atoms with Gasteiger partial charge in [-0.05, 0) is 54.3 Å². The normalized spacial score (nSPS) is 11.8. The standard InChI is InChI=1S/C26H26F3NO5S/c1-3-14-36(33,34)30(16-19-8-13-24(18(2)15-19)35-17-25(31)32)23-7-5-4-6-22(23)20-9-11-21(12-10-20)26(27,28)29/h4-13,15H,3,14,16-17H2,1-2H3,(H,31,32). The molecule has 36 heavy (non-hydrogen) atoms. The van der Waals surface area contributed by atoms with Crippen LogP contribution in [0.3, 0.4) is 0 Å². The fourth-order valence-electron chi connectivity index (χ4n) is 3.75. The van der Waals surface area contributed by atoms with Crippen molar-refractivity contribution in [2.75, 3.05) is 16.7 Å². The van der Waals surface area contributed by atoms with Crippen LogP contribution in [-0.2, 0) is 27.5 Å². The quantitative estimate of drug-likeness (QED) is 0.360. The van der Waals surface area contributed by atoms with Crippen molar-refractivity contribution in [2.45, 2.75) is 33.0 Å². The average molecular weight is 522 g/mol. The highest BCUT2D eigenvalue weighted by Gasteiger charge is 2.30. The molecule has 0 saturated carbocycles. The average Bonchev–Trinajstić information content (AvgIpc) is 2.81. The van der Waals surface area contributed by atoms with E-state index in [0.29, 0.717) is 40.1 Å². The first-order valence-electron chi connectivity index (χ1n) is 11.1. The number of para-hydroxylation sites is 1. The number of alkyl halides is 3. The number of ether oxygens (including phenoxy) is 1. The number of aliphatic carboxylic acids is 1. The van der Waals surface area contributed by atoms with Gasteiger partial charge in [0.2, 0.25) is 10.0 Å². The Morgan fingerprint density at radius 2 is 1.69 bits per heavy atom. The summed E-state index contributed by atoms with van der Waals surface area (Å²) in [5.74, 6) is -0.864. The predicted octanol–water partition coefficient (Wildman–Crippen LogP) is 5.89. The Balaban J connectivity index is 2.03. The van der Waals surface area contributed by atoms with Crippen LogP contribution < -0.4 is 9.04 Å². The molecule has 0 aliphatic carbocycles. The molecule has 0 aromatic heterocycles. The molecule has 0 atom stereocenters. The molecule has 0 amide bonds. The van der Waals surface area contributed by atoms with E-state index in [0.717, 1.165) is 12.1 Å². The van der Waals surface area contributed by atoms with Gasteiger partial charge in [0, 0.05) is 5.56 Å². The number of benzene rings is 3. The first-order chi connectivity index (χ1) is 16.9. The van der Waals surface area contributed by atoms with E-state index in [1.807, 2.05) is 0 Å². The molecule has 0 radical (unpaired) electrons. The molecule has 3 rings (SSSR count). The Bertz CT molecular complexity index is 1320. The van der Waals surface area contributed by atoms with E-state index < -0.39 is 34.3 Å². The third-order valence-electron chi connectivity index (χ3n) is 5.41. The van der Waals surface area contributed by atoms with Gasteiger partial charge in [-0.3, -0.25) is 4.31 Å². The van der Waals surface area contributed by atoms with E-state index in [1.165, 1.54) is 16.4 Å². The Morgan fingerprint density at radius 3 is 2.28 bits per heavy atom. The molecule has 3 aromatic rings. The van der Waals surface area contributed by atoms with E-state index in [2.05, 4.69) is 0 Å². The van der Waals surface area contributed by atoms with Crippen molar-refractivity contribution in [1.82, 2.24) is 0 Å². The minimum atomic E-state index is -4.48. The number of sulfonamides is 1. The number of rotatable bonds is 10. The molecular weight excluding hydrogens is 495 g/mol. The first kappa shape index (κ1) is 27.1. The number of hydrogen-bond donors (Lipinski definition) is 1. The number of anilines is 1. The van der Waals surface area contributed by atoms with Crippen LogP contribution in [0.25, 0.3) is 11.1 Å². The lowest BCUT2D eigenvalue weighted by atomic mass is 10.0. The molecule has 10 heteroatoms. The molecule has 0 spiro atoms. The summed E-state index contributed by atoms with van der Waals surface area (Å²) in [5, 5.41) is 8.83. The summed E-state index contributed by atoms with van der Waals surface area (Å²) >= 11 is 0. The van der Waals surface area contributed by atoms with Crippen LogP contribution >= 0.6 is 0 Å². The van der Waals surface area contributed by atoms with Crippen molar-refractivity contribution >= 4 is 21.7 Å². The summed E-state index contributed by atoms with van der Waals surface area (Å²) in [6, 6.07) is 16.2. The van der Waals surface area contributed by atoms with Gasteiger partial charge in [0.25, 0.3) is 0 Å². The predicted molar refractivity (Wildman–Crippen MR) is 131 cm³/mol. The number of aryl methyl sites for hydroxylation is 1. The summed E-state index contributed by atoms with van der Waals surface area (Å²) < 4.78 is 72.3. The van der Waals surface area contributed by atoms with Crippen LogP contribution in [0.5, 0.6) is 5.75 Å². The smallest absolute Gasteiger partial charge is 0.416 e.